The Hall–Kier alpha value is -2.70. The van der Waals surface area contributed by atoms with Crippen LogP contribution in [0, 0.1) is 0 Å². The van der Waals surface area contributed by atoms with E-state index in [-0.39, 0.29) is 30.4 Å². The van der Waals surface area contributed by atoms with Crippen LogP contribution in [-0.2, 0) is 33.8 Å². The summed E-state index contributed by atoms with van der Waals surface area (Å²) in [5, 5.41) is 3.35. The average Bonchev–Trinajstić information content (AvgIpc) is 3.05. The molecule has 2 aromatic rings. The van der Waals surface area contributed by atoms with Crippen LogP contribution < -0.4 is 5.32 Å². The predicted octanol–water partition coefficient (Wildman–Crippen LogP) is 3.50. The molecule has 31 heavy (non-hydrogen) atoms. The molecule has 2 aliphatic heterocycles. The molecular weight excluding hydrogens is 439 g/mol. The summed E-state index contributed by atoms with van der Waals surface area (Å²) in [5.74, 6) is -0.895. The number of hydrogen-bond donors (Lipinski definition) is 1. The molecule has 1 saturated heterocycles. The van der Waals surface area contributed by atoms with E-state index in [0.29, 0.717) is 47.0 Å². The quantitative estimate of drug-likeness (QED) is 0.671. The summed E-state index contributed by atoms with van der Waals surface area (Å²) < 4.78 is 0. The number of fused-ring (bicyclic) bond motifs is 1. The van der Waals surface area contributed by atoms with Crippen molar-refractivity contribution in [3.63, 3.8) is 0 Å². The van der Waals surface area contributed by atoms with Gasteiger partial charge in [-0.3, -0.25) is 24.5 Å². The Morgan fingerprint density at radius 1 is 1.10 bits per heavy atom. The molecule has 0 aliphatic carbocycles. The van der Waals surface area contributed by atoms with E-state index < -0.39 is 11.9 Å². The number of nitrogens with one attached hydrogen (secondary N) is 1. The maximum atomic E-state index is 12.7. The first-order valence-electron chi connectivity index (χ1n) is 10.0. The number of nitrogens with zero attached hydrogens (tertiary/aromatic N) is 1. The second-order valence-corrected chi connectivity index (χ2v) is 8.69. The molecule has 2 heterocycles. The maximum Gasteiger partial charge on any atom is 0.255 e. The molecule has 1 N–H and O–H groups in total. The van der Waals surface area contributed by atoms with Gasteiger partial charge in [-0.25, -0.2) is 0 Å². The van der Waals surface area contributed by atoms with Crippen molar-refractivity contribution in [3.8, 4) is 0 Å². The highest BCUT2D eigenvalue weighted by atomic mass is 35.5. The van der Waals surface area contributed by atoms with Gasteiger partial charge in [0.15, 0.2) is 0 Å². The van der Waals surface area contributed by atoms with E-state index in [1.165, 1.54) is 4.90 Å². The highest BCUT2D eigenvalue weighted by Gasteiger charge is 2.39. The van der Waals surface area contributed by atoms with Crippen molar-refractivity contribution in [3.05, 3.63) is 68.7 Å². The second-order valence-electron chi connectivity index (χ2n) is 7.84. The van der Waals surface area contributed by atoms with Gasteiger partial charge in [0.2, 0.25) is 11.8 Å². The molecule has 3 amide bonds. The zero-order valence-corrected chi connectivity index (χ0v) is 18.1. The first kappa shape index (κ1) is 21.5. The van der Waals surface area contributed by atoms with Crippen LogP contribution in [0.25, 0.3) is 0 Å². The molecule has 4 rings (SSSR count). The summed E-state index contributed by atoms with van der Waals surface area (Å²) in [6.07, 6.45) is 1.65. The molecule has 0 saturated carbocycles. The summed E-state index contributed by atoms with van der Waals surface area (Å²) in [6.45, 7) is 0.320. The molecule has 0 radical (unpaired) electrons. The van der Waals surface area contributed by atoms with Crippen LogP contribution in [0.1, 0.15) is 46.3 Å². The lowest BCUT2D eigenvalue weighted by molar-refractivity contribution is -0.137. The van der Waals surface area contributed by atoms with Gasteiger partial charge in [0.05, 0.1) is 0 Å². The number of hydrogen-bond acceptors (Lipinski definition) is 4. The van der Waals surface area contributed by atoms with Gasteiger partial charge in [0.25, 0.3) is 5.91 Å². The lowest BCUT2D eigenvalue weighted by atomic mass is 9.99. The molecule has 0 spiro atoms. The van der Waals surface area contributed by atoms with E-state index in [9.17, 15) is 19.2 Å². The van der Waals surface area contributed by atoms with Crippen LogP contribution >= 0.6 is 23.2 Å². The highest BCUT2D eigenvalue weighted by molar-refractivity contribution is 6.33. The number of rotatable bonds is 6. The first-order valence-corrected chi connectivity index (χ1v) is 10.8. The maximum absolute atomic E-state index is 12.7. The lowest BCUT2D eigenvalue weighted by Gasteiger charge is -2.29. The van der Waals surface area contributed by atoms with Crippen molar-refractivity contribution in [2.45, 2.75) is 44.7 Å². The van der Waals surface area contributed by atoms with Crippen molar-refractivity contribution < 1.29 is 19.2 Å². The van der Waals surface area contributed by atoms with Gasteiger partial charge in [-0.1, -0.05) is 35.3 Å². The van der Waals surface area contributed by atoms with Crippen molar-refractivity contribution >= 4 is 46.7 Å². The Balaban J connectivity index is 1.39. The van der Waals surface area contributed by atoms with Crippen LogP contribution in [0.5, 0.6) is 0 Å². The minimum Gasteiger partial charge on any atom is -0.322 e. The predicted molar refractivity (Wildman–Crippen MR) is 116 cm³/mol. The fraction of sp³-hybridized carbons (Fsp3) is 0.304. The van der Waals surface area contributed by atoms with E-state index in [1.54, 1.807) is 24.3 Å². The van der Waals surface area contributed by atoms with Gasteiger partial charge in [-0.15, -0.1) is 0 Å². The molecule has 1 fully saturated rings. The van der Waals surface area contributed by atoms with E-state index in [4.69, 9.17) is 23.2 Å². The number of carbonyl (C=O) groups excluding carboxylic acids is 4. The Labute approximate surface area is 189 Å². The van der Waals surface area contributed by atoms with Crippen LogP contribution in [0.2, 0.25) is 10.0 Å². The normalized spacial score (nSPS) is 18.2. The molecule has 1 unspecified atom stereocenters. The van der Waals surface area contributed by atoms with Crippen molar-refractivity contribution in [1.82, 2.24) is 10.2 Å². The molecule has 8 heteroatoms. The molecule has 0 bridgehead atoms. The number of benzene rings is 2. The molecule has 2 aliphatic rings. The number of ketones is 1. The van der Waals surface area contributed by atoms with Gasteiger partial charge in [0, 0.05) is 41.4 Å². The fourth-order valence-corrected chi connectivity index (χ4v) is 4.43. The molecule has 2 aromatic carbocycles. The first-order chi connectivity index (χ1) is 14.8. The largest absolute Gasteiger partial charge is 0.322 e. The molecule has 1 atom stereocenters. The van der Waals surface area contributed by atoms with Crippen molar-refractivity contribution in [2.24, 2.45) is 0 Å². The van der Waals surface area contributed by atoms with Gasteiger partial charge < -0.3 is 4.90 Å². The fourth-order valence-electron chi connectivity index (χ4n) is 4.05. The minimum atomic E-state index is -0.634. The van der Waals surface area contributed by atoms with Crippen molar-refractivity contribution in [2.75, 3.05) is 0 Å². The number of amides is 3. The van der Waals surface area contributed by atoms with E-state index in [2.05, 4.69) is 5.32 Å². The van der Waals surface area contributed by atoms with Crippen LogP contribution in [0.4, 0.5) is 0 Å². The summed E-state index contributed by atoms with van der Waals surface area (Å²) in [5.41, 5.74) is 3.05. The monoisotopic (exact) mass is 458 g/mol. The smallest absolute Gasteiger partial charge is 0.255 e. The topological polar surface area (TPSA) is 83.6 Å². The van der Waals surface area contributed by atoms with E-state index in [1.807, 2.05) is 12.1 Å². The number of halogens is 2. The molecule has 6 nitrogen and oxygen atoms in total. The number of aryl methyl sites for hydroxylation is 1. The zero-order chi connectivity index (χ0) is 22.1. The summed E-state index contributed by atoms with van der Waals surface area (Å²) in [6, 6.07) is 9.93. The van der Waals surface area contributed by atoms with Gasteiger partial charge in [0.1, 0.15) is 11.8 Å². The van der Waals surface area contributed by atoms with E-state index >= 15 is 0 Å². The Bertz CT molecular complexity index is 1100. The summed E-state index contributed by atoms with van der Waals surface area (Å²) >= 11 is 12.1. The minimum absolute atomic E-state index is 0.0471. The average molecular weight is 459 g/mol. The standard InChI is InChI=1S/C23H20Cl2N2O4/c24-16-3-6-19(25)14(10-16)11-17(28)4-1-13-2-5-18-15(9-13)12-27(23(18)31)20-7-8-21(29)26-22(20)30/h2-3,5-6,9-10,20H,1,4,7-8,11-12H2,(H,26,29,30). The summed E-state index contributed by atoms with van der Waals surface area (Å²) in [7, 11) is 0. The third-order valence-electron chi connectivity index (χ3n) is 5.68. The molecule has 160 valence electrons. The van der Waals surface area contributed by atoms with Crippen LogP contribution in [-0.4, -0.2) is 34.4 Å². The lowest BCUT2D eigenvalue weighted by Crippen LogP contribution is -2.52. The number of Topliss-reactive ketones (excluding diaryl/α,β-unsaturated/α-hetero) is 1. The number of piperidine rings is 1. The highest BCUT2D eigenvalue weighted by Crippen LogP contribution is 2.28. The second kappa shape index (κ2) is 8.81. The Morgan fingerprint density at radius 2 is 1.90 bits per heavy atom. The zero-order valence-electron chi connectivity index (χ0n) is 16.6. The Morgan fingerprint density at radius 3 is 2.68 bits per heavy atom. The summed E-state index contributed by atoms with van der Waals surface area (Å²) in [4.78, 5) is 50.2. The van der Waals surface area contributed by atoms with Gasteiger partial charge >= 0.3 is 0 Å². The Kier molecular flexibility index (Phi) is 6.12. The van der Waals surface area contributed by atoms with Crippen LogP contribution in [0.3, 0.4) is 0 Å². The number of imide groups is 1. The van der Waals surface area contributed by atoms with E-state index in [0.717, 1.165) is 11.1 Å². The van der Waals surface area contributed by atoms with Gasteiger partial charge in [-0.2, -0.15) is 0 Å². The number of carbonyl (C=O) groups is 4. The molecular formula is C23H20Cl2N2O4. The third kappa shape index (κ3) is 4.65. The molecule has 0 aromatic heterocycles. The van der Waals surface area contributed by atoms with Crippen LogP contribution in [0.15, 0.2) is 36.4 Å². The third-order valence-corrected chi connectivity index (χ3v) is 6.28. The SMILES string of the molecule is O=C(CCc1ccc2c(c1)CN(C1CCC(=O)NC1=O)C2=O)Cc1cc(Cl)ccc1Cl. The van der Waals surface area contributed by atoms with Gasteiger partial charge in [-0.05, 0) is 53.8 Å². The van der Waals surface area contributed by atoms with Crippen molar-refractivity contribution in [1.29, 1.82) is 0 Å².